The first-order valence-corrected chi connectivity index (χ1v) is 11.2. The van der Waals surface area contributed by atoms with Gasteiger partial charge in [-0.1, -0.05) is 41.9 Å². The van der Waals surface area contributed by atoms with Crippen LogP contribution in [-0.2, 0) is 11.4 Å². The fourth-order valence-corrected chi connectivity index (χ4v) is 3.75. The number of carbonyl (C=O) groups is 2. The molecule has 6 nitrogen and oxygen atoms in total. The molecule has 0 unspecified atom stereocenters. The number of halogens is 2. The average Bonchev–Trinajstić information content (AvgIpc) is 2.79. The number of aliphatic carboxylic acids is 1. The minimum absolute atomic E-state index is 0.266. The molecule has 0 bridgehead atoms. The maximum absolute atomic E-state index is 12.4. The molecule has 8 heteroatoms. The number of benzene rings is 3. The van der Waals surface area contributed by atoms with Crippen molar-refractivity contribution >= 4 is 45.5 Å². The third-order valence-corrected chi connectivity index (χ3v) is 5.25. The van der Waals surface area contributed by atoms with Crippen molar-refractivity contribution in [3.8, 4) is 11.5 Å². The van der Waals surface area contributed by atoms with Crippen LogP contribution in [0, 0.1) is 0 Å². The van der Waals surface area contributed by atoms with E-state index in [-0.39, 0.29) is 12.3 Å². The number of carboxylic acid groups (broad SMARTS) is 1. The smallest absolute Gasteiger partial charge is 0.352 e. The largest absolute Gasteiger partial charge is 0.490 e. The van der Waals surface area contributed by atoms with Gasteiger partial charge < -0.3 is 19.9 Å². The first kappa shape index (κ1) is 24.4. The average molecular weight is 531 g/mol. The van der Waals surface area contributed by atoms with Crippen LogP contribution >= 0.6 is 27.5 Å². The van der Waals surface area contributed by atoms with Gasteiger partial charge in [-0.05, 0) is 76.5 Å². The molecule has 2 N–H and O–H groups in total. The number of rotatable bonds is 9. The van der Waals surface area contributed by atoms with Crippen LogP contribution in [0.25, 0.3) is 6.08 Å². The molecular weight excluding hydrogens is 510 g/mol. The highest BCUT2D eigenvalue weighted by Crippen LogP contribution is 2.38. The number of nitrogens with one attached hydrogen (secondary N) is 1. The first-order chi connectivity index (χ1) is 15.9. The van der Waals surface area contributed by atoms with Gasteiger partial charge in [-0.15, -0.1) is 0 Å². The van der Waals surface area contributed by atoms with Crippen molar-refractivity contribution in [2.75, 3.05) is 6.61 Å². The zero-order chi connectivity index (χ0) is 23.8. The van der Waals surface area contributed by atoms with Gasteiger partial charge in [0.25, 0.3) is 5.91 Å². The van der Waals surface area contributed by atoms with Crippen LogP contribution in [0.3, 0.4) is 0 Å². The Hall–Kier alpha value is -3.29. The summed E-state index contributed by atoms with van der Waals surface area (Å²) in [4.78, 5) is 24.2. The van der Waals surface area contributed by atoms with Crippen molar-refractivity contribution in [3.63, 3.8) is 0 Å². The van der Waals surface area contributed by atoms with E-state index in [1.807, 2.05) is 25.1 Å². The first-order valence-electron chi connectivity index (χ1n) is 10.0. The summed E-state index contributed by atoms with van der Waals surface area (Å²) in [5.41, 5.74) is 1.47. The van der Waals surface area contributed by atoms with Crippen LogP contribution in [0.2, 0.25) is 5.02 Å². The lowest BCUT2D eigenvalue weighted by Gasteiger charge is -2.15. The van der Waals surface area contributed by atoms with Crippen molar-refractivity contribution in [2.45, 2.75) is 13.5 Å². The Kier molecular flexibility index (Phi) is 8.52. The fourth-order valence-electron chi connectivity index (χ4n) is 2.96. The highest BCUT2D eigenvalue weighted by Gasteiger charge is 2.16. The molecule has 0 heterocycles. The van der Waals surface area contributed by atoms with Gasteiger partial charge in [0.1, 0.15) is 12.3 Å². The topological polar surface area (TPSA) is 84.9 Å². The van der Waals surface area contributed by atoms with Crippen molar-refractivity contribution in [1.29, 1.82) is 0 Å². The van der Waals surface area contributed by atoms with E-state index in [1.54, 1.807) is 48.5 Å². The predicted octanol–water partition coefficient (Wildman–Crippen LogP) is 5.94. The highest BCUT2D eigenvalue weighted by atomic mass is 79.9. The summed E-state index contributed by atoms with van der Waals surface area (Å²) >= 11 is 9.51. The molecule has 0 fully saturated rings. The van der Waals surface area contributed by atoms with Crippen LogP contribution in [-0.4, -0.2) is 23.6 Å². The van der Waals surface area contributed by atoms with Gasteiger partial charge in [0.15, 0.2) is 11.5 Å². The van der Waals surface area contributed by atoms with Gasteiger partial charge in [0.05, 0.1) is 11.1 Å². The zero-order valence-electron chi connectivity index (χ0n) is 17.7. The maximum Gasteiger partial charge on any atom is 0.352 e. The van der Waals surface area contributed by atoms with E-state index in [0.717, 1.165) is 5.56 Å². The Morgan fingerprint density at radius 1 is 1.06 bits per heavy atom. The Balaban J connectivity index is 1.87. The van der Waals surface area contributed by atoms with Crippen molar-refractivity contribution < 1.29 is 24.2 Å². The van der Waals surface area contributed by atoms with Gasteiger partial charge in [-0.25, -0.2) is 4.79 Å². The van der Waals surface area contributed by atoms with Crippen LogP contribution in [0.4, 0.5) is 0 Å². The number of hydrogen-bond acceptors (Lipinski definition) is 4. The molecule has 3 aromatic carbocycles. The summed E-state index contributed by atoms with van der Waals surface area (Å²) in [6.45, 7) is 2.48. The number of carboxylic acids is 1. The van der Waals surface area contributed by atoms with Crippen LogP contribution in [0.1, 0.15) is 28.4 Å². The molecule has 3 rings (SSSR count). The van der Waals surface area contributed by atoms with E-state index in [2.05, 4.69) is 21.2 Å². The van der Waals surface area contributed by atoms with Crippen LogP contribution in [0.5, 0.6) is 11.5 Å². The van der Waals surface area contributed by atoms with E-state index < -0.39 is 11.9 Å². The van der Waals surface area contributed by atoms with E-state index in [1.165, 1.54) is 6.08 Å². The molecule has 0 aliphatic heterocycles. The molecule has 0 aromatic heterocycles. The number of amides is 1. The van der Waals surface area contributed by atoms with Gasteiger partial charge in [0, 0.05) is 10.6 Å². The minimum Gasteiger partial charge on any atom is -0.490 e. The third kappa shape index (κ3) is 6.84. The minimum atomic E-state index is -1.27. The number of ether oxygens (including phenoxy) is 2. The predicted molar refractivity (Wildman–Crippen MR) is 131 cm³/mol. The summed E-state index contributed by atoms with van der Waals surface area (Å²) in [5.74, 6) is -0.886. The summed E-state index contributed by atoms with van der Waals surface area (Å²) in [7, 11) is 0. The molecule has 0 aliphatic carbocycles. The van der Waals surface area contributed by atoms with Crippen molar-refractivity contribution in [2.24, 2.45) is 0 Å². The molecule has 0 saturated heterocycles. The fraction of sp³-hybridized carbons (Fsp3) is 0.120. The summed E-state index contributed by atoms with van der Waals surface area (Å²) in [6, 6.07) is 19.0. The quantitative estimate of drug-likeness (QED) is 0.335. The van der Waals surface area contributed by atoms with Gasteiger partial charge >= 0.3 is 5.97 Å². The lowest BCUT2D eigenvalue weighted by Crippen LogP contribution is -2.27. The lowest BCUT2D eigenvalue weighted by molar-refractivity contribution is -0.132. The maximum atomic E-state index is 12.4. The van der Waals surface area contributed by atoms with E-state index >= 15 is 0 Å². The molecule has 33 heavy (non-hydrogen) atoms. The second kappa shape index (κ2) is 11.5. The Labute approximate surface area is 204 Å². The lowest BCUT2D eigenvalue weighted by atomic mass is 10.1. The van der Waals surface area contributed by atoms with Crippen molar-refractivity contribution in [1.82, 2.24) is 5.32 Å². The summed E-state index contributed by atoms with van der Waals surface area (Å²) < 4.78 is 12.2. The summed E-state index contributed by atoms with van der Waals surface area (Å²) in [6.07, 6.45) is 1.36. The van der Waals surface area contributed by atoms with E-state index in [0.29, 0.717) is 38.7 Å². The second-order valence-corrected chi connectivity index (χ2v) is 8.16. The van der Waals surface area contributed by atoms with Gasteiger partial charge in [-0.3, -0.25) is 4.79 Å². The summed E-state index contributed by atoms with van der Waals surface area (Å²) in [5, 5.41) is 12.7. The number of carbonyl (C=O) groups excluding carboxylic acids is 1. The monoisotopic (exact) mass is 529 g/mol. The van der Waals surface area contributed by atoms with Gasteiger partial charge in [-0.2, -0.15) is 0 Å². The number of hydrogen-bond donors (Lipinski definition) is 2. The highest BCUT2D eigenvalue weighted by molar-refractivity contribution is 9.10. The molecule has 1 amide bonds. The standard InChI is InChI=1S/C25H21BrClNO5/c1-2-32-22-14-17(12-20(26)23(22)33-15-16-7-6-10-19(27)11-16)13-21(25(30)31)28-24(29)18-8-4-3-5-9-18/h3-14H,2,15H2,1H3,(H,28,29)(H,30,31)/b21-13+. The molecule has 0 aliphatic rings. The SMILES string of the molecule is CCOc1cc(/C=C(/NC(=O)c2ccccc2)C(=O)O)cc(Br)c1OCc1cccc(Cl)c1. The Bertz CT molecular complexity index is 1180. The van der Waals surface area contributed by atoms with Crippen molar-refractivity contribution in [3.05, 3.63) is 98.6 Å². The zero-order valence-corrected chi connectivity index (χ0v) is 20.0. The van der Waals surface area contributed by atoms with E-state index in [9.17, 15) is 14.7 Å². The van der Waals surface area contributed by atoms with Crippen LogP contribution in [0.15, 0.2) is 76.9 Å². The molecule has 3 aromatic rings. The van der Waals surface area contributed by atoms with Crippen LogP contribution < -0.4 is 14.8 Å². The third-order valence-electron chi connectivity index (χ3n) is 4.43. The van der Waals surface area contributed by atoms with E-state index in [4.69, 9.17) is 21.1 Å². The molecule has 0 saturated carbocycles. The molecule has 0 spiro atoms. The Morgan fingerprint density at radius 3 is 2.48 bits per heavy atom. The normalized spacial score (nSPS) is 11.1. The second-order valence-electron chi connectivity index (χ2n) is 6.86. The molecule has 0 atom stereocenters. The van der Waals surface area contributed by atoms with Gasteiger partial charge in [0.2, 0.25) is 0 Å². The Morgan fingerprint density at radius 2 is 1.82 bits per heavy atom. The molecule has 170 valence electrons. The molecular formula is C25H21BrClNO5. The molecule has 0 radical (unpaired) electrons.